The van der Waals surface area contributed by atoms with Gasteiger partial charge in [0, 0.05) is 44.4 Å². The van der Waals surface area contributed by atoms with Crippen molar-refractivity contribution in [3.05, 3.63) is 18.2 Å². The Kier molecular flexibility index (Phi) is 6.23. The highest BCUT2D eigenvalue weighted by Crippen LogP contribution is 2.18. The third-order valence-electron chi connectivity index (χ3n) is 4.42. The van der Waals surface area contributed by atoms with E-state index in [1.165, 1.54) is 25.8 Å². The Morgan fingerprint density at radius 3 is 3.10 bits per heavy atom. The maximum absolute atomic E-state index is 11.9. The maximum Gasteiger partial charge on any atom is 0.220 e. The smallest absolute Gasteiger partial charge is 0.220 e. The van der Waals surface area contributed by atoms with Crippen molar-refractivity contribution in [2.75, 3.05) is 20.1 Å². The first-order valence-electron chi connectivity index (χ1n) is 8.17. The van der Waals surface area contributed by atoms with Gasteiger partial charge in [0.2, 0.25) is 5.91 Å². The van der Waals surface area contributed by atoms with Gasteiger partial charge in [0.15, 0.2) is 0 Å². The maximum atomic E-state index is 11.9. The highest BCUT2D eigenvalue weighted by atomic mass is 16.1. The molecule has 1 saturated heterocycles. The van der Waals surface area contributed by atoms with Crippen molar-refractivity contribution < 1.29 is 4.79 Å². The molecule has 2 heterocycles. The molecule has 5 heteroatoms. The third-order valence-corrected chi connectivity index (χ3v) is 4.42. The number of rotatable bonds is 7. The molecule has 1 aliphatic rings. The van der Waals surface area contributed by atoms with E-state index in [0.29, 0.717) is 19.0 Å². The van der Waals surface area contributed by atoms with Crippen LogP contribution in [0.2, 0.25) is 0 Å². The number of imidazole rings is 1. The molecule has 0 saturated carbocycles. The predicted octanol–water partition coefficient (Wildman–Crippen LogP) is 1.83. The summed E-state index contributed by atoms with van der Waals surface area (Å²) in [5.41, 5.74) is 0. The molecule has 0 spiro atoms. The van der Waals surface area contributed by atoms with Crippen LogP contribution in [0.15, 0.2) is 12.4 Å². The molecule has 0 aliphatic carbocycles. The number of aromatic nitrogens is 2. The summed E-state index contributed by atoms with van der Waals surface area (Å²) in [7, 11) is 2.17. The Hall–Kier alpha value is -1.36. The van der Waals surface area contributed by atoms with Crippen molar-refractivity contribution in [2.45, 2.75) is 58.0 Å². The summed E-state index contributed by atoms with van der Waals surface area (Å²) in [5.74, 6) is 1.25. The van der Waals surface area contributed by atoms with Gasteiger partial charge in [-0.25, -0.2) is 4.98 Å². The number of likely N-dealkylation sites (tertiary alicyclic amines) is 1. The van der Waals surface area contributed by atoms with Gasteiger partial charge in [0.25, 0.3) is 0 Å². The van der Waals surface area contributed by atoms with Gasteiger partial charge < -0.3 is 14.8 Å². The van der Waals surface area contributed by atoms with Crippen LogP contribution in [0, 0.1) is 0 Å². The van der Waals surface area contributed by atoms with Crippen LogP contribution in [-0.4, -0.2) is 46.5 Å². The fourth-order valence-corrected chi connectivity index (χ4v) is 3.07. The Bertz CT molecular complexity index is 443. The first-order chi connectivity index (χ1) is 10.2. The molecule has 1 fully saturated rings. The summed E-state index contributed by atoms with van der Waals surface area (Å²) in [6, 6.07) is 0.588. The minimum atomic E-state index is 0.173. The van der Waals surface area contributed by atoms with Crippen molar-refractivity contribution in [1.29, 1.82) is 0 Å². The van der Waals surface area contributed by atoms with Gasteiger partial charge in [-0.15, -0.1) is 0 Å². The molecule has 0 unspecified atom stereocenters. The first kappa shape index (κ1) is 16.0. The number of piperidine rings is 1. The van der Waals surface area contributed by atoms with E-state index >= 15 is 0 Å². The molecule has 1 N–H and O–H groups in total. The third kappa shape index (κ3) is 4.84. The number of nitrogens with one attached hydrogen (secondary N) is 1. The van der Waals surface area contributed by atoms with E-state index in [2.05, 4.69) is 33.7 Å². The quantitative estimate of drug-likeness (QED) is 0.834. The van der Waals surface area contributed by atoms with Crippen LogP contribution < -0.4 is 5.32 Å². The summed E-state index contributed by atoms with van der Waals surface area (Å²) in [4.78, 5) is 18.6. The van der Waals surface area contributed by atoms with Crippen LogP contribution in [0.25, 0.3) is 0 Å². The van der Waals surface area contributed by atoms with Gasteiger partial charge in [-0.05, 0) is 32.9 Å². The van der Waals surface area contributed by atoms with E-state index in [0.717, 1.165) is 25.2 Å². The summed E-state index contributed by atoms with van der Waals surface area (Å²) in [6.45, 7) is 4.76. The van der Waals surface area contributed by atoms with Gasteiger partial charge >= 0.3 is 0 Å². The van der Waals surface area contributed by atoms with Crippen LogP contribution in [0.1, 0.15) is 44.9 Å². The van der Waals surface area contributed by atoms with Gasteiger partial charge in [0.05, 0.1) is 0 Å². The van der Waals surface area contributed by atoms with Gasteiger partial charge in [0.1, 0.15) is 5.82 Å². The number of amides is 1. The lowest BCUT2D eigenvalue weighted by Gasteiger charge is -2.32. The molecule has 2 rings (SSSR count). The molecule has 118 valence electrons. The normalized spacial score (nSPS) is 19.6. The second kappa shape index (κ2) is 8.17. The lowest BCUT2D eigenvalue weighted by atomic mass is 9.98. The molecule has 5 nitrogen and oxygen atoms in total. The molecule has 21 heavy (non-hydrogen) atoms. The zero-order valence-electron chi connectivity index (χ0n) is 13.3. The van der Waals surface area contributed by atoms with Crippen molar-refractivity contribution in [1.82, 2.24) is 19.8 Å². The first-order valence-corrected chi connectivity index (χ1v) is 8.17. The fourth-order valence-electron chi connectivity index (χ4n) is 3.07. The molecule has 1 amide bonds. The second-order valence-corrected chi connectivity index (χ2v) is 5.91. The molecule has 1 aromatic rings. The highest BCUT2D eigenvalue weighted by Gasteiger charge is 2.19. The largest absolute Gasteiger partial charge is 0.354 e. The van der Waals surface area contributed by atoms with Crippen molar-refractivity contribution >= 4 is 5.91 Å². The molecule has 1 aromatic heterocycles. The standard InChI is InChI=1S/C16H28N4O/c1-3-15-17-9-12-20(15)13-10-18-16(21)8-7-14-6-4-5-11-19(14)2/h9,12,14H,3-8,10-11,13H2,1-2H3,(H,18,21)/t14-/m0/s1. The average molecular weight is 292 g/mol. The van der Waals surface area contributed by atoms with E-state index in [9.17, 15) is 4.79 Å². The van der Waals surface area contributed by atoms with E-state index in [4.69, 9.17) is 0 Å². The molecule has 1 atom stereocenters. The van der Waals surface area contributed by atoms with Crippen molar-refractivity contribution in [2.24, 2.45) is 0 Å². The topological polar surface area (TPSA) is 50.2 Å². The molecular weight excluding hydrogens is 264 g/mol. The number of aryl methyl sites for hydroxylation is 1. The van der Waals surface area contributed by atoms with Gasteiger partial charge in [-0.2, -0.15) is 0 Å². The monoisotopic (exact) mass is 292 g/mol. The molecule has 1 aliphatic heterocycles. The van der Waals surface area contributed by atoms with E-state index in [-0.39, 0.29) is 5.91 Å². The Balaban J connectivity index is 1.63. The zero-order valence-corrected chi connectivity index (χ0v) is 13.3. The second-order valence-electron chi connectivity index (χ2n) is 5.91. The minimum Gasteiger partial charge on any atom is -0.354 e. The lowest BCUT2D eigenvalue weighted by Crippen LogP contribution is -2.37. The van der Waals surface area contributed by atoms with Crippen LogP contribution >= 0.6 is 0 Å². The molecule has 0 radical (unpaired) electrons. The molecule has 0 aromatic carbocycles. The van der Waals surface area contributed by atoms with E-state index in [1.807, 2.05) is 12.4 Å². The Morgan fingerprint density at radius 2 is 2.33 bits per heavy atom. The van der Waals surface area contributed by atoms with Gasteiger partial charge in [-0.1, -0.05) is 13.3 Å². The van der Waals surface area contributed by atoms with Crippen LogP contribution in [0.5, 0.6) is 0 Å². The van der Waals surface area contributed by atoms with Crippen LogP contribution in [0.4, 0.5) is 0 Å². The SMILES string of the molecule is CCc1nccn1CCNC(=O)CC[C@@H]1CCCCN1C. The highest BCUT2D eigenvalue weighted by molar-refractivity contribution is 5.75. The van der Waals surface area contributed by atoms with Crippen LogP contribution in [0.3, 0.4) is 0 Å². The summed E-state index contributed by atoms with van der Waals surface area (Å²) >= 11 is 0. The lowest BCUT2D eigenvalue weighted by molar-refractivity contribution is -0.121. The van der Waals surface area contributed by atoms with Crippen molar-refractivity contribution in [3.8, 4) is 0 Å². The number of carbonyl (C=O) groups excluding carboxylic acids is 1. The number of nitrogens with zero attached hydrogens (tertiary/aromatic N) is 3. The summed E-state index contributed by atoms with van der Waals surface area (Å²) in [6.07, 6.45) is 10.2. The Labute approximate surface area is 127 Å². The fraction of sp³-hybridized carbons (Fsp3) is 0.750. The Morgan fingerprint density at radius 1 is 1.48 bits per heavy atom. The zero-order chi connectivity index (χ0) is 15.1. The molecular formula is C16H28N4O. The molecule has 0 bridgehead atoms. The van der Waals surface area contributed by atoms with Crippen molar-refractivity contribution in [3.63, 3.8) is 0 Å². The summed E-state index contributed by atoms with van der Waals surface area (Å²) < 4.78 is 2.11. The number of hydrogen-bond acceptors (Lipinski definition) is 3. The minimum absolute atomic E-state index is 0.173. The summed E-state index contributed by atoms with van der Waals surface area (Å²) in [5, 5.41) is 3.02. The van der Waals surface area contributed by atoms with E-state index < -0.39 is 0 Å². The average Bonchev–Trinajstić information content (AvgIpc) is 2.94. The van der Waals surface area contributed by atoms with Crippen LogP contribution in [-0.2, 0) is 17.8 Å². The number of hydrogen-bond donors (Lipinski definition) is 1. The number of carbonyl (C=O) groups is 1. The van der Waals surface area contributed by atoms with Gasteiger partial charge in [-0.3, -0.25) is 4.79 Å². The predicted molar refractivity (Wildman–Crippen MR) is 84.1 cm³/mol. The van der Waals surface area contributed by atoms with E-state index in [1.54, 1.807) is 0 Å².